The maximum Gasteiger partial charge on any atom is 0.406 e. The molecule has 5 nitrogen and oxygen atoms in total. The van der Waals surface area contributed by atoms with Gasteiger partial charge in [0, 0.05) is 6.54 Å². The first-order chi connectivity index (χ1) is 7.49. The summed E-state index contributed by atoms with van der Waals surface area (Å²) >= 11 is 0. The summed E-state index contributed by atoms with van der Waals surface area (Å²) < 4.78 is 36.3. The van der Waals surface area contributed by atoms with Crippen molar-refractivity contribution in [2.45, 2.75) is 32.5 Å². The molecular formula is C9H15F3N2O3. The van der Waals surface area contributed by atoms with Crippen molar-refractivity contribution in [3.8, 4) is 0 Å². The largest absolute Gasteiger partial charge is 0.480 e. The zero-order valence-electron chi connectivity index (χ0n) is 9.76. The molecule has 0 aliphatic carbocycles. The van der Waals surface area contributed by atoms with E-state index in [1.165, 1.54) is 20.8 Å². The van der Waals surface area contributed by atoms with Gasteiger partial charge in [-0.1, -0.05) is 0 Å². The lowest BCUT2D eigenvalue weighted by Crippen LogP contribution is -2.55. The van der Waals surface area contributed by atoms with Crippen molar-refractivity contribution in [2.75, 3.05) is 13.1 Å². The second-order valence-corrected chi connectivity index (χ2v) is 3.99. The number of nitrogens with zero attached hydrogens (tertiary/aromatic N) is 1. The van der Waals surface area contributed by atoms with Crippen LogP contribution in [0.1, 0.15) is 20.8 Å². The topological polar surface area (TPSA) is 69.6 Å². The van der Waals surface area contributed by atoms with Gasteiger partial charge in [0.15, 0.2) is 0 Å². The van der Waals surface area contributed by atoms with E-state index in [9.17, 15) is 22.8 Å². The molecule has 0 aromatic rings. The Hall–Kier alpha value is -1.47. The second-order valence-electron chi connectivity index (χ2n) is 3.99. The van der Waals surface area contributed by atoms with Crippen LogP contribution in [-0.2, 0) is 4.79 Å². The molecular weight excluding hydrogens is 241 g/mol. The molecule has 0 saturated carbocycles. The zero-order chi connectivity index (χ0) is 13.9. The van der Waals surface area contributed by atoms with Crippen molar-refractivity contribution in [1.29, 1.82) is 0 Å². The van der Waals surface area contributed by atoms with Crippen LogP contribution in [-0.4, -0.2) is 46.8 Å². The van der Waals surface area contributed by atoms with Gasteiger partial charge in [-0.25, -0.2) is 9.59 Å². The molecule has 0 aliphatic heterocycles. The summed E-state index contributed by atoms with van der Waals surface area (Å²) in [5.74, 6) is -1.33. The van der Waals surface area contributed by atoms with Gasteiger partial charge in [0.1, 0.15) is 12.1 Å². The lowest BCUT2D eigenvalue weighted by Gasteiger charge is -2.28. The van der Waals surface area contributed by atoms with Gasteiger partial charge in [-0.2, -0.15) is 13.2 Å². The number of carbonyl (C=O) groups is 2. The number of carbonyl (C=O) groups excluding carboxylic acids is 1. The number of amides is 2. The van der Waals surface area contributed by atoms with E-state index >= 15 is 0 Å². The first kappa shape index (κ1) is 15.5. The van der Waals surface area contributed by atoms with Crippen LogP contribution in [0.4, 0.5) is 18.0 Å². The number of aliphatic carboxylic acids is 1. The second kappa shape index (κ2) is 5.24. The lowest BCUT2D eigenvalue weighted by molar-refractivity contribution is -0.143. The fourth-order valence-corrected chi connectivity index (χ4v) is 0.943. The molecule has 17 heavy (non-hydrogen) atoms. The number of carboxylic acid groups (broad SMARTS) is 1. The van der Waals surface area contributed by atoms with E-state index in [0.29, 0.717) is 4.90 Å². The average molecular weight is 256 g/mol. The molecule has 0 spiro atoms. The summed E-state index contributed by atoms with van der Waals surface area (Å²) in [6.45, 7) is 2.18. The number of hydrogen-bond acceptors (Lipinski definition) is 2. The molecule has 0 fully saturated rings. The van der Waals surface area contributed by atoms with E-state index in [4.69, 9.17) is 5.11 Å². The van der Waals surface area contributed by atoms with Crippen LogP contribution < -0.4 is 5.32 Å². The van der Waals surface area contributed by atoms with Crippen molar-refractivity contribution >= 4 is 12.0 Å². The Morgan fingerprint density at radius 2 is 1.76 bits per heavy atom. The molecule has 8 heteroatoms. The SMILES string of the molecule is CCN(CC(F)(F)F)C(=O)NC(C)(C)C(=O)O. The lowest BCUT2D eigenvalue weighted by atomic mass is 10.1. The highest BCUT2D eigenvalue weighted by molar-refractivity contribution is 5.85. The number of hydrogen-bond donors (Lipinski definition) is 2. The van der Waals surface area contributed by atoms with Crippen LogP contribution in [0.5, 0.6) is 0 Å². The zero-order valence-corrected chi connectivity index (χ0v) is 9.76. The predicted molar refractivity (Wildman–Crippen MR) is 53.5 cm³/mol. The molecule has 0 aliphatic rings. The molecule has 0 aromatic carbocycles. The van der Waals surface area contributed by atoms with Gasteiger partial charge in [-0.15, -0.1) is 0 Å². The molecule has 0 radical (unpaired) electrons. The van der Waals surface area contributed by atoms with E-state index in [1.807, 2.05) is 5.32 Å². The van der Waals surface area contributed by atoms with Crippen LogP contribution >= 0.6 is 0 Å². The van der Waals surface area contributed by atoms with E-state index in [1.54, 1.807) is 0 Å². The summed E-state index contributed by atoms with van der Waals surface area (Å²) in [5.41, 5.74) is -1.61. The Morgan fingerprint density at radius 1 is 1.29 bits per heavy atom. The van der Waals surface area contributed by atoms with E-state index < -0.39 is 30.3 Å². The van der Waals surface area contributed by atoms with Crippen LogP contribution in [0, 0.1) is 0 Å². The van der Waals surface area contributed by atoms with Crippen molar-refractivity contribution in [2.24, 2.45) is 0 Å². The molecule has 0 rings (SSSR count). The maximum absolute atomic E-state index is 12.1. The number of alkyl halides is 3. The molecule has 0 heterocycles. The van der Waals surface area contributed by atoms with Gasteiger partial charge in [-0.05, 0) is 20.8 Å². The first-order valence-electron chi connectivity index (χ1n) is 4.87. The van der Waals surface area contributed by atoms with Gasteiger partial charge < -0.3 is 15.3 Å². The predicted octanol–water partition coefficient (Wildman–Crippen LogP) is 1.44. The Kier molecular flexibility index (Phi) is 4.79. The van der Waals surface area contributed by atoms with E-state index in [2.05, 4.69) is 0 Å². The van der Waals surface area contributed by atoms with E-state index in [0.717, 1.165) is 0 Å². The third-order valence-electron chi connectivity index (χ3n) is 1.99. The van der Waals surface area contributed by atoms with Crippen molar-refractivity contribution in [3.05, 3.63) is 0 Å². The summed E-state index contributed by atoms with van der Waals surface area (Å²) in [5, 5.41) is 10.7. The molecule has 2 N–H and O–H groups in total. The quantitative estimate of drug-likeness (QED) is 0.799. The third-order valence-corrected chi connectivity index (χ3v) is 1.99. The summed E-state index contributed by atoms with van der Waals surface area (Å²) in [7, 11) is 0. The fraction of sp³-hybridized carbons (Fsp3) is 0.778. The Morgan fingerprint density at radius 3 is 2.06 bits per heavy atom. The monoisotopic (exact) mass is 256 g/mol. The van der Waals surface area contributed by atoms with E-state index in [-0.39, 0.29) is 6.54 Å². The molecule has 0 saturated heterocycles. The number of halogens is 3. The van der Waals surface area contributed by atoms with Gasteiger partial charge >= 0.3 is 18.2 Å². The third kappa shape index (κ3) is 5.41. The highest BCUT2D eigenvalue weighted by atomic mass is 19.4. The van der Waals surface area contributed by atoms with Crippen molar-refractivity contribution in [1.82, 2.24) is 10.2 Å². The van der Waals surface area contributed by atoms with Crippen LogP contribution in [0.25, 0.3) is 0 Å². The molecule has 0 unspecified atom stereocenters. The molecule has 100 valence electrons. The van der Waals surface area contributed by atoms with Crippen LogP contribution in [0.2, 0.25) is 0 Å². The standard InChI is InChI=1S/C9H15F3N2O3/c1-4-14(5-9(10,11)12)7(17)13-8(2,3)6(15)16/h4-5H2,1-3H3,(H,13,17)(H,15,16). The minimum absolute atomic E-state index is 0.166. The number of rotatable bonds is 4. The fourth-order valence-electron chi connectivity index (χ4n) is 0.943. The van der Waals surface area contributed by atoms with Gasteiger partial charge in [0.05, 0.1) is 0 Å². The molecule has 0 atom stereocenters. The minimum Gasteiger partial charge on any atom is -0.480 e. The van der Waals surface area contributed by atoms with Gasteiger partial charge in [0.2, 0.25) is 0 Å². The van der Waals surface area contributed by atoms with Crippen molar-refractivity contribution < 1.29 is 27.9 Å². The van der Waals surface area contributed by atoms with Crippen LogP contribution in [0.15, 0.2) is 0 Å². The summed E-state index contributed by atoms with van der Waals surface area (Å²) in [6, 6.07) is -1.06. The number of carboxylic acids is 1. The normalized spacial score (nSPS) is 12.1. The average Bonchev–Trinajstić information content (AvgIpc) is 2.11. The summed E-state index contributed by atoms with van der Waals surface area (Å²) in [6.07, 6.45) is -4.51. The molecule has 0 bridgehead atoms. The van der Waals surface area contributed by atoms with Gasteiger partial charge in [-0.3, -0.25) is 0 Å². The highest BCUT2D eigenvalue weighted by Crippen LogP contribution is 2.16. The minimum atomic E-state index is -4.51. The summed E-state index contributed by atoms with van der Waals surface area (Å²) in [4.78, 5) is 22.6. The van der Waals surface area contributed by atoms with Crippen molar-refractivity contribution in [3.63, 3.8) is 0 Å². The Labute approximate surface area is 96.6 Å². The molecule has 2 amide bonds. The highest BCUT2D eigenvalue weighted by Gasteiger charge is 2.35. The van der Waals surface area contributed by atoms with Crippen LogP contribution in [0.3, 0.4) is 0 Å². The van der Waals surface area contributed by atoms with Gasteiger partial charge in [0.25, 0.3) is 0 Å². The molecule has 0 aromatic heterocycles. The Balaban J connectivity index is 4.62. The number of urea groups is 1. The Bertz CT molecular complexity index is 302. The maximum atomic E-state index is 12.1. The number of nitrogens with one attached hydrogen (secondary N) is 1. The smallest absolute Gasteiger partial charge is 0.406 e. The first-order valence-corrected chi connectivity index (χ1v) is 4.87.